The standard InChI is InChI=1S/C12H16O4/c1-2-6-15-7-8-16-11-5-3-4-10(9-11)12(13)14/h3-5,9H,2,6-8H2,1H3,(H,13,14). The number of benzene rings is 1. The Morgan fingerprint density at radius 1 is 1.31 bits per heavy atom. The Bertz CT molecular complexity index is 336. The molecule has 0 aliphatic rings. The number of carboxylic acids is 1. The predicted octanol–water partition coefficient (Wildman–Crippen LogP) is 2.19. The van der Waals surface area contributed by atoms with E-state index in [1.165, 1.54) is 12.1 Å². The van der Waals surface area contributed by atoms with Crippen molar-refractivity contribution < 1.29 is 19.4 Å². The fourth-order valence-electron chi connectivity index (χ4n) is 1.18. The first-order chi connectivity index (χ1) is 7.74. The zero-order valence-corrected chi connectivity index (χ0v) is 9.31. The summed E-state index contributed by atoms with van der Waals surface area (Å²) in [6.07, 6.45) is 0.981. The fraction of sp³-hybridized carbons (Fsp3) is 0.417. The van der Waals surface area contributed by atoms with E-state index in [2.05, 4.69) is 0 Å². The summed E-state index contributed by atoms with van der Waals surface area (Å²) >= 11 is 0. The van der Waals surface area contributed by atoms with Gasteiger partial charge in [-0.25, -0.2) is 4.79 Å². The van der Waals surface area contributed by atoms with Gasteiger partial charge in [-0.1, -0.05) is 13.0 Å². The van der Waals surface area contributed by atoms with Crippen LogP contribution < -0.4 is 4.74 Å². The van der Waals surface area contributed by atoms with Crippen molar-refractivity contribution in [2.75, 3.05) is 19.8 Å². The van der Waals surface area contributed by atoms with Gasteiger partial charge < -0.3 is 14.6 Å². The van der Waals surface area contributed by atoms with E-state index in [-0.39, 0.29) is 5.56 Å². The molecule has 0 saturated heterocycles. The number of carbonyl (C=O) groups is 1. The first kappa shape index (κ1) is 12.5. The van der Waals surface area contributed by atoms with E-state index in [9.17, 15) is 4.79 Å². The molecular weight excluding hydrogens is 208 g/mol. The summed E-state index contributed by atoms with van der Waals surface area (Å²) in [5.41, 5.74) is 0.229. The third kappa shape index (κ3) is 4.31. The first-order valence-electron chi connectivity index (χ1n) is 5.28. The van der Waals surface area contributed by atoms with Crippen LogP contribution in [0.4, 0.5) is 0 Å². The lowest BCUT2D eigenvalue weighted by atomic mass is 10.2. The number of ether oxygens (including phenoxy) is 2. The highest BCUT2D eigenvalue weighted by Crippen LogP contribution is 2.12. The molecule has 0 aromatic heterocycles. The molecule has 4 heteroatoms. The highest BCUT2D eigenvalue weighted by molar-refractivity contribution is 5.87. The lowest BCUT2D eigenvalue weighted by Crippen LogP contribution is -2.07. The highest BCUT2D eigenvalue weighted by Gasteiger charge is 2.03. The van der Waals surface area contributed by atoms with Crippen molar-refractivity contribution in [2.45, 2.75) is 13.3 Å². The smallest absolute Gasteiger partial charge is 0.335 e. The van der Waals surface area contributed by atoms with Crippen molar-refractivity contribution in [3.05, 3.63) is 29.8 Å². The largest absolute Gasteiger partial charge is 0.491 e. The maximum atomic E-state index is 10.7. The van der Waals surface area contributed by atoms with Crippen LogP contribution in [0.25, 0.3) is 0 Å². The first-order valence-corrected chi connectivity index (χ1v) is 5.28. The maximum Gasteiger partial charge on any atom is 0.335 e. The van der Waals surface area contributed by atoms with Gasteiger partial charge in [-0.2, -0.15) is 0 Å². The second kappa shape index (κ2) is 6.85. The van der Waals surface area contributed by atoms with Crippen molar-refractivity contribution in [1.82, 2.24) is 0 Å². The molecule has 0 aliphatic carbocycles. The maximum absolute atomic E-state index is 10.7. The number of hydrogen-bond acceptors (Lipinski definition) is 3. The van der Waals surface area contributed by atoms with E-state index < -0.39 is 5.97 Å². The van der Waals surface area contributed by atoms with E-state index in [0.29, 0.717) is 19.0 Å². The molecule has 1 aromatic carbocycles. The van der Waals surface area contributed by atoms with E-state index in [4.69, 9.17) is 14.6 Å². The van der Waals surface area contributed by atoms with Crippen LogP contribution in [0.15, 0.2) is 24.3 Å². The molecule has 0 atom stereocenters. The van der Waals surface area contributed by atoms with Gasteiger partial charge in [0.1, 0.15) is 12.4 Å². The Kier molecular flexibility index (Phi) is 5.36. The summed E-state index contributed by atoms with van der Waals surface area (Å²) in [7, 11) is 0. The molecule has 0 amide bonds. The van der Waals surface area contributed by atoms with Crippen molar-refractivity contribution in [3.63, 3.8) is 0 Å². The molecule has 1 rings (SSSR count). The lowest BCUT2D eigenvalue weighted by Gasteiger charge is -2.06. The molecule has 88 valence electrons. The zero-order chi connectivity index (χ0) is 11.8. The average molecular weight is 224 g/mol. The molecule has 0 spiro atoms. The number of aromatic carboxylic acids is 1. The Hall–Kier alpha value is -1.55. The molecule has 0 radical (unpaired) electrons. The van der Waals surface area contributed by atoms with Crippen LogP contribution in [0, 0.1) is 0 Å². The Balaban J connectivity index is 2.36. The minimum absolute atomic E-state index is 0.229. The average Bonchev–Trinajstić information content (AvgIpc) is 2.29. The number of hydrogen-bond donors (Lipinski definition) is 1. The second-order valence-corrected chi connectivity index (χ2v) is 3.29. The van der Waals surface area contributed by atoms with E-state index in [1.54, 1.807) is 12.1 Å². The normalized spacial score (nSPS) is 10.1. The summed E-state index contributed by atoms with van der Waals surface area (Å²) in [5.74, 6) is -0.396. The van der Waals surface area contributed by atoms with Gasteiger partial charge in [0.05, 0.1) is 12.2 Å². The minimum atomic E-state index is -0.951. The summed E-state index contributed by atoms with van der Waals surface area (Å²) in [5, 5.41) is 8.77. The monoisotopic (exact) mass is 224 g/mol. The zero-order valence-electron chi connectivity index (χ0n) is 9.31. The van der Waals surface area contributed by atoms with Crippen LogP contribution in [0.1, 0.15) is 23.7 Å². The van der Waals surface area contributed by atoms with Gasteiger partial charge in [-0.3, -0.25) is 0 Å². The van der Waals surface area contributed by atoms with Crippen LogP contribution in [0.5, 0.6) is 5.75 Å². The number of carboxylic acid groups (broad SMARTS) is 1. The minimum Gasteiger partial charge on any atom is -0.491 e. The van der Waals surface area contributed by atoms with Crippen molar-refractivity contribution in [2.24, 2.45) is 0 Å². The summed E-state index contributed by atoms with van der Waals surface area (Å²) in [6, 6.07) is 6.42. The molecule has 16 heavy (non-hydrogen) atoms. The Labute approximate surface area is 94.8 Å². The van der Waals surface area contributed by atoms with Gasteiger partial charge in [0.2, 0.25) is 0 Å². The molecular formula is C12H16O4. The van der Waals surface area contributed by atoms with Crippen LogP contribution in [0.3, 0.4) is 0 Å². The molecule has 0 bridgehead atoms. The molecule has 1 aromatic rings. The second-order valence-electron chi connectivity index (χ2n) is 3.29. The predicted molar refractivity (Wildman–Crippen MR) is 60.0 cm³/mol. The molecule has 1 N–H and O–H groups in total. The molecule has 0 heterocycles. The molecule has 0 saturated carbocycles. The van der Waals surface area contributed by atoms with Crippen molar-refractivity contribution in [1.29, 1.82) is 0 Å². The van der Waals surface area contributed by atoms with Gasteiger partial charge in [-0.05, 0) is 24.6 Å². The van der Waals surface area contributed by atoms with Gasteiger partial charge in [0.25, 0.3) is 0 Å². The van der Waals surface area contributed by atoms with Gasteiger partial charge >= 0.3 is 5.97 Å². The summed E-state index contributed by atoms with van der Waals surface area (Å²) < 4.78 is 10.6. The molecule has 0 unspecified atom stereocenters. The SMILES string of the molecule is CCCOCCOc1cccc(C(=O)O)c1. The molecule has 0 aliphatic heterocycles. The Morgan fingerprint density at radius 3 is 2.81 bits per heavy atom. The quantitative estimate of drug-likeness (QED) is 0.721. The van der Waals surface area contributed by atoms with Gasteiger partial charge in [0.15, 0.2) is 0 Å². The van der Waals surface area contributed by atoms with Crippen LogP contribution in [0.2, 0.25) is 0 Å². The highest BCUT2D eigenvalue weighted by atomic mass is 16.5. The summed E-state index contributed by atoms with van der Waals surface area (Å²) in [4.78, 5) is 10.7. The lowest BCUT2D eigenvalue weighted by molar-refractivity contribution is 0.0696. The van der Waals surface area contributed by atoms with E-state index >= 15 is 0 Å². The third-order valence-electron chi connectivity index (χ3n) is 1.93. The van der Waals surface area contributed by atoms with Crippen molar-refractivity contribution >= 4 is 5.97 Å². The van der Waals surface area contributed by atoms with Gasteiger partial charge in [0, 0.05) is 6.61 Å². The van der Waals surface area contributed by atoms with Crippen LogP contribution >= 0.6 is 0 Å². The van der Waals surface area contributed by atoms with Crippen molar-refractivity contribution in [3.8, 4) is 5.75 Å². The molecule has 4 nitrogen and oxygen atoms in total. The van der Waals surface area contributed by atoms with Crippen LogP contribution in [-0.4, -0.2) is 30.9 Å². The van der Waals surface area contributed by atoms with Crippen LogP contribution in [-0.2, 0) is 4.74 Å². The summed E-state index contributed by atoms with van der Waals surface area (Å²) in [6.45, 7) is 3.71. The number of rotatable bonds is 7. The van der Waals surface area contributed by atoms with E-state index in [0.717, 1.165) is 13.0 Å². The molecule has 0 fully saturated rings. The third-order valence-corrected chi connectivity index (χ3v) is 1.93. The fourth-order valence-corrected chi connectivity index (χ4v) is 1.18. The van der Waals surface area contributed by atoms with Gasteiger partial charge in [-0.15, -0.1) is 0 Å². The van der Waals surface area contributed by atoms with E-state index in [1.807, 2.05) is 6.92 Å². The Morgan fingerprint density at radius 2 is 2.12 bits per heavy atom. The topological polar surface area (TPSA) is 55.8 Å².